The number of nitrogens with one attached hydrogen (secondary N) is 2. The molecule has 18 heavy (non-hydrogen) atoms. The van der Waals surface area contributed by atoms with Gasteiger partial charge in [0.15, 0.2) is 0 Å². The smallest absolute Gasteiger partial charge is 0.243 e. The molecule has 0 radical (unpaired) electrons. The topological polar surface area (TPSA) is 73.9 Å². The maximum atomic E-state index is 12.6. The van der Waals surface area contributed by atoms with Gasteiger partial charge in [-0.05, 0) is 25.8 Å². The summed E-state index contributed by atoms with van der Waals surface area (Å²) in [6.45, 7) is 3.53. The van der Waals surface area contributed by atoms with E-state index in [-0.39, 0.29) is 11.4 Å². The molecular weight excluding hydrogens is 230 g/mol. The second-order valence-electron chi connectivity index (χ2n) is 4.96. The molecule has 2 rings (SSSR count). The molecule has 1 amide bonds. The zero-order valence-corrected chi connectivity index (χ0v) is 11.1. The number of aromatic amines is 1. The highest BCUT2D eigenvalue weighted by Gasteiger charge is 2.41. The van der Waals surface area contributed by atoms with Gasteiger partial charge in [0.25, 0.3) is 0 Å². The third-order valence-corrected chi connectivity index (χ3v) is 3.53. The lowest BCUT2D eigenvalue weighted by atomic mass is 9.90. The third kappa shape index (κ3) is 2.53. The maximum absolute atomic E-state index is 12.6. The van der Waals surface area contributed by atoms with Gasteiger partial charge in [-0.15, -0.1) is 0 Å². The molecule has 0 saturated carbocycles. The normalized spacial score (nSPS) is 23.2. The number of carbonyl (C=O) groups excluding carboxylic acids is 1. The molecular formula is C12H21N5O. The second kappa shape index (κ2) is 5.48. The fraction of sp³-hybridized carbons (Fsp3) is 0.750. The van der Waals surface area contributed by atoms with Gasteiger partial charge in [0, 0.05) is 7.05 Å². The van der Waals surface area contributed by atoms with Crippen molar-refractivity contribution < 1.29 is 4.79 Å². The van der Waals surface area contributed by atoms with Crippen LogP contribution in [0.5, 0.6) is 0 Å². The summed E-state index contributed by atoms with van der Waals surface area (Å²) in [4.78, 5) is 18.4. The van der Waals surface area contributed by atoms with Gasteiger partial charge < -0.3 is 10.2 Å². The Kier molecular flexibility index (Phi) is 3.96. The number of aromatic nitrogens is 3. The predicted molar refractivity (Wildman–Crippen MR) is 67.7 cm³/mol. The van der Waals surface area contributed by atoms with E-state index in [0.29, 0.717) is 6.54 Å². The summed E-state index contributed by atoms with van der Waals surface area (Å²) in [5.41, 5.74) is -0.358. The number of rotatable bonds is 5. The molecule has 2 N–H and O–H groups in total. The average molecular weight is 251 g/mol. The second-order valence-corrected chi connectivity index (χ2v) is 4.96. The Morgan fingerprint density at radius 2 is 2.44 bits per heavy atom. The average Bonchev–Trinajstić information content (AvgIpc) is 3.00. The highest BCUT2D eigenvalue weighted by molar-refractivity contribution is 5.86. The third-order valence-electron chi connectivity index (χ3n) is 3.53. The van der Waals surface area contributed by atoms with Crippen LogP contribution in [0.15, 0.2) is 6.33 Å². The van der Waals surface area contributed by atoms with Crippen molar-refractivity contribution in [3.63, 3.8) is 0 Å². The lowest BCUT2D eigenvalue weighted by Gasteiger charge is -2.32. The molecule has 1 atom stereocenters. The Balaban J connectivity index is 2.04. The molecule has 1 aromatic rings. The predicted octanol–water partition coefficient (Wildman–Crippen LogP) is 0.685. The van der Waals surface area contributed by atoms with E-state index in [0.717, 1.165) is 38.1 Å². The first-order valence-electron chi connectivity index (χ1n) is 6.53. The van der Waals surface area contributed by atoms with Gasteiger partial charge >= 0.3 is 0 Å². The molecule has 6 nitrogen and oxygen atoms in total. The van der Waals surface area contributed by atoms with Crippen molar-refractivity contribution in [2.75, 3.05) is 13.6 Å². The standard InChI is InChI=1S/C12H21N5O/c1-3-5-12(6-4-7-14-12)11(18)17(2)8-10-13-9-15-16-10/h9,14H,3-8H2,1-2H3,(H,13,15,16). The minimum atomic E-state index is -0.358. The Morgan fingerprint density at radius 3 is 3.00 bits per heavy atom. The van der Waals surface area contributed by atoms with Crippen molar-refractivity contribution in [2.45, 2.75) is 44.7 Å². The Bertz CT molecular complexity index is 383. The molecule has 0 aliphatic carbocycles. The number of nitrogens with zero attached hydrogens (tertiary/aromatic N) is 3. The van der Waals surface area contributed by atoms with E-state index < -0.39 is 0 Å². The van der Waals surface area contributed by atoms with Gasteiger partial charge in [-0.25, -0.2) is 4.98 Å². The van der Waals surface area contributed by atoms with E-state index in [1.165, 1.54) is 6.33 Å². The minimum absolute atomic E-state index is 0.165. The molecule has 2 heterocycles. The fourth-order valence-electron chi connectivity index (χ4n) is 2.70. The molecule has 6 heteroatoms. The van der Waals surface area contributed by atoms with Crippen molar-refractivity contribution in [2.24, 2.45) is 0 Å². The van der Waals surface area contributed by atoms with E-state index in [4.69, 9.17) is 0 Å². The molecule has 0 bridgehead atoms. The van der Waals surface area contributed by atoms with Crippen LogP contribution >= 0.6 is 0 Å². The highest BCUT2D eigenvalue weighted by Crippen LogP contribution is 2.27. The summed E-state index contributed by atoms with van der Waals surface area (Å²) in [6, 6.07) is 0. The molecule has 0 aromatic carbocycles. The van der Waals surface area contributed by atoms with Crippen molar-refractivity contribution in [1.82, 2.24) is 25.4 Å². The van der Waals surface area contributed by atoms with Crippen LogP contribution in [-0.4, -0.2) is 45.1 Å². The maximum Gasteiger partial charge on any atom is 0.243 e. The zero-order valence-electron chi connectivity index (χ0n) is 11.1. The Morgan fingerprint density at radius 1 is 1.61 bits per heavy atom. The highest BCUT2D eigenvalue weighted by atomic mass is 16.2. The summed E-state index contributed by atoms with van der Waals surface area (Å²) in [5, 5.41) is 9.97. The van der Waals surface area contributed by atoms with Crippen LogP contribution in [-0.2, 0) is 11.3 Å². The summed E-state index contributed by atoms with van der Waals surface area (Å²) in [5.74, 6) is 0.883. The van der Waals surface area contributed by atoms with Crippen LogP contribution in [0.3, 0.4) is 0 Å². The summed E-state index contributed by atoms with van der Waals surface area (Å²) >= 11 is 0. The molecule has 1 fully saturated rings. The van der Waals surface area contributed by atoms with E-state index >= 15 is 0 Å². The van der Waals surface area contributed by atoms with Crippen LogP contribution in [0.25, 0.3) is 0 Å². The van der Waals surface area contributed by atoms with E-state index in [1.54, 1.807) is 4.90 Å². The van der Waals surface area contributed by atoms with Gasteiger partial charge in [0.1, 0.15) is 12.2 Å². The first-order chi connectivity index (χ1) is 8.68. The number of H-pyrrole nitrogens is 1. The van der Waals surface area contributed by atoms with Crippen molar-refractivity contribution in [3.8, 4) is 0 Å². The quantitative estimate of drug-likeness (QED) is 0.807. The molecule has 0 spiro atoms. The monoisotopic (exact) mass is 251 g/mol. The minimum Gasteiger partial charge on any atom is -0.337 e. The van der Waals surface area contributed by atoms with Crippen LogP contribution in [0.1, 0.15) is 38.4 Å². The number of hydrogen-bond donors (Lipinski definition) is 2. The molecule has 100 valence electrons. The largest absolute Gasteiger partial charge is 0.337 e. The number of likely N-dealkylation sites (N-methyl/N-ethyl adjacent to an activating group) is 1. The lowest BCUT2D eigenvalue weighted by Crippen LogP contribution is -2.53. The van der Waals surface area contributed by atoms with Crippen LogP contribution in [0.2, 0.25) is 0 Å². The van der Waals surface area contributed by atoms with Crippen molar-refractivity contribution in [1.29, 1.82) is 0 Å². The van der Waals surface area contributed by atoms with E-state index in [9.17, 15) is 4.79 Å². The zero-order chi connectivity index (χ0) is 13.0. The van der Waals surface area contributed by atoms with E-state index in [2.05, 4.69) is 27.4 Å². The van der Waals surface area contributed by atoms with Crippen LogP contribution < -0.4 is 5.32 Å². The fourth-order valence-corrected chi connectivity index (χ4v) is 2.70. The van der Waals surface area contributed by atoms with Crippen LogP contribution in [0, 0.1) is 0 Å². The Hall–Kier alpha value is -1.43. The summed E-state index contributed by atoms with van der Waals surface area (Å²) < 4.78 is 0. The molecule has 1 aliphatic rings. The van der Waals surface area contributed by atoms with Gasteiger partial charge in [-0.1, -0.05) is 13.3 Å². The number of hydrogen-bond acceptors (Lipinski definition) is 4. The van der Waals surface area contributed by atoms with Gasteiger partial charge in [-0.3, -0.25) is 9.89 Å². The van der Waals surface area contributed by atoms with Crippen LogP contribution in [0.4, 0.5) is 0 Å². The molecule has 1 saturated heterocycles. The lowest BCUT2D eigenvalue weighted by molar-refractivity contribution is -0.137. The first-order valence-corrected chi connectivity index (χ1v) is 6.53. The molecule has 1 aromatic heterocycles. The summed E-state index contributed by atoms with van der Waals surface area (Å²) in [7, 11) is 1.82. The Labute approximate surface area is 107 Å². The SMILES string of the molecule is CCCC1(C(=O)N(C)Cc2ncn[nH]2)CCCN1. The van der Waals surface area contributed by atoms with Gasteiger partial charge in [0.2, 0.25) is 5.91 Å². The van der Waals surface area contributed by atoms with E-state index in [1.807, 2.05) is 7.05 Å². The molecule has 1 unspecified atom stereocenters. The van der Waals surface area contributed by atoms with Gasteiger partial charge in [-0.2, -0.15) is 5.10 Å². The number of carbonyl (C=O) groups is 1. The first kappa shape index (κ1) is 13.0. The molecule has 1 aliphatic heterocycles. The van der Waals surface area contributed by atoms with Crippen molar-refractivity contribution in [3.05, 3.63) is 12.2 Å². The number of amides is 1. The summed E-state index contributed by atoms with van der Waals surface area (Å²) in [6.07, 6.45) is 5.37. The van der Waals surface area contributed by atoms with Gasteiger partial charge in [0.05, 0.1) is 12.1 Å². The van der Waals surface area contributed by atoms with Crippen molar-refractivity contribution >= 4 is 5.91 Å².